The van der Waals surface area contributed by atoms with Crippen molar-refractivity contribution in [2.45, 2.75) is 33.6 Å². The van der Waals surface area contributed by atoms with Crippen molar-refractivity contribution in [3.8, 4) is 11.3 Å². The van der Waals surface area contributed by atoms with Crippen molar-refractivity contribution in [1.29, 1.82) is 0 Å². The Balaban J connectivity index is 2.49. The van der Waals surface area contributed by atoms with Crippen LogP contribution in [0.4, 0.5) is 0 Å². The van der Waals surface area contributed by atoms with Crippen molar-refractivity contribution in [3.05, 3.63) is 39.8 Å². The maximum Gasteiger partial charge on any atom is 0.109 e. The van der Waals surface area contributed by atoms with Crippen LogP contribution in [0.2, 0.25) is 0 Å². The van der Waals surface area contributed by atoms with Gasteiger partial charge in [0.1, 0.15) is 5.82 Å². The maximum atomic E-state index is 4.67. The van der Waals surface area contributed by atoms with Gasteiger partial charge in [0, 0.05) is 21.6 Å². The lowest BCUT2D eigenvalue weighted by atomic mass is 10.1. The van der Waals surface area contributed by atoms with Gasteiger partial charge in [0.25, 0.3) is 0 Å². The Hall–Kier alpha value is -1.09. The summed E-state index contributed by atoms with van der Waals surface area (Å²) in [6.45, 7) is 8.45. The van der Waals surface area contributed by atoms with Crippen LogP contribution in [0.25, 0.3) is 11.3 Å². The molecule has 0 aliphatic rings. The number of hydrogen-bond acceptors (Lipinski definition) is 1. The molecule has 0 spiro atoms. The molecule has 0 aliphatic heterocycles. The largest absolute Gasteiger partial charge is 0.345 e. The summed E-state index contributed by atoms with van der Waals surface area (Å²) in [5, 5.41) is 0. The highest BCUT2D eigenvalue weighted by Crippen LogP contribution is 2.27. The van der Waals surface area contributed by atoms with Gasteiger partial charge in [0.05, 0.1) is 5.69 Å². The first-order chi connectivity index (χ1) is 7.99. The number of H-pyrrole nitrogens is 1. The molecule has 0 radical (unpaired) electrons. The Morgan fingerprint density at radius 1 is 1.24 bits per heavy atom. The second-order valence-corrected chi connectivity index (χ2v) is 5.57. The zero-order valence-electron chi connectivity index (χ0n) is 10.6. The molecule has 3 heteroatoms. The van der Waals surface area contributed by atoms with E-state index in [9.17, 15) is 0 Å². The number of nitrogens with one attached hydrogen (secondary N) is 1. The maximum absolute atomic E-state index is 4.67. The average molecular weight is 293 g/mol. The van der Waals surface area contributed by atoms with Crippen LogP contribution in [0.1, 0.15) is 36.8 Å². The number of benzene rings is 1. The molecular formula is C14H17BrN2. The van der Waals surface area contributed by atoms with Crippen LogP contribution in [-0.2, 0) is 0 Å². The van der Waals surface area contributed by atoms with E-state index in [4.69, 9.17) is 0 Å². The van der Waals surface area contributed by atoms with E-state index in [1.54, 1.807) is 0 Å². The summed E-state index contributed by atoms with van der Waals surface area (Å²) < 4.78 is 1.13. The predicted octanol–water partition coefficient (Wildman–Crippen LogP) is 4.58. The molecule has 2 aromatic rings. The Labute approximate surface area is 111 Å². The summed E-state index contributed by atoms with van der Waals surface area (Å²) in [7, 11) is 0. The van der Waals surface area contributed by atoms with Crippen molar-refractivity contribution < 1.29 is 0 Å². The minimum absolute atomic E-state index is 0.427. The first-order valence-corrected chi connectivity index (χ1v) is 6.61. The molecule has 17 heavy (non-hydrogen) atoms. The van der Waals surface area contributed by atoms with E-state index in [1.807, 2.05) is 0 Å². The minimum atomic E-state index is 0.427. The molecule has 0 bridgehead atoms. The molecule has 1 aromatic heterocycles. The normalized spacial score (nSPS) is 11.2. The van der Waals surface area contributed by atoms with Crippen molar-refractivity contribution in [2.75, 3.05) is 0 Å². The summed E-state index contributed by atoms with van der Waals surface area (Å²) in [4.78, 5) is 8.02. The molecular weight excluding hydrogens is 276 g/mol. The highest BCUT2D eigenvalue weighted by molar-refractivity contribution is 9.10. The van der Waals surface area contributed by atoms with Gasteiger partial charge in [-0.15, -0.1) is 0 Å². The lowest BCUT2D eigenvalue weighted by molar-refractivity contribution is 0.792. The number of rotatable bonds is 2. The Bertz CT molecular complexity index is 541. The molecule has 2 nitrogen and oxygen atoms in total. The number of aryl methyl sites for hydroxylation is 2. The van der Waals surface area contributed by atoms with Crippen molar-refractivity contribution in [3.63, 3.8) is 0 Å². The van der Waals surface area contributed by atoms with Crippen LogP contribution in [0.3, 0.4) is 0 Å². The van der Waals surface area contributed by atoms with Crippen molar-refractivity contribution in [2.24, 2.45) is 0 Å². The lowest BCUT2D eigenvalue weighted by Crippen LogP contribution is -1.89. The number of aromatic amines is 1. The van der Waals surface area contributed by atoms with Gasteiger partial charge in [-0.1, -0.05) is 41.9 Å². The van der Waals surface area contributed by atoms with Gasteiger partial charge in [-0.25, -0.2) is 4.98 Å². The Morgan fingerprint density at radius 2 is 1.94 bits per heavy atom. The number of halogens is 1. The molecule has 0 unspecified atom stereocenters. The minimum Gasteiger partial charge on any atom is -0.345 e. The smallest absolute Gasteiger partial charge is 0.109 e. The fraction of sp³-hybridized carbons (Fsp3) is 0.357. The molecule has 2 rings (SSSR count). The van der Waals surface area contributed by atoms with Gasteiger partial charge < -0.3 is 4.98 Å². The van der Waals surface area contributed by atoms with Crippen LogP contribution >= 0.6 is 15.9 Å². The van der Waals surface area contributed by atoms with Crippen molar-refractivity contribution in [1.82, 2.24) is 9.97 Å². The second kappa shape index (κ2) is 4.65. The standard InChI is InChI=1S/C14H17BrN2/c1-8(2)14-16-10(4)13(17-14)11-6-5-9(3)12(15)7-11/h5-8H,1-4H3,(H,16,17). The van der Waals surface area contributed by atoms with E-state index in [1.165, 1.54) is 5.56 Å². The summed E-state index contributed by atoms with van der Waals surface area (Å²) in [6.07, 6.45) is 0. The molecule has 0 atom stereocenters. The van der Waals surface area contributed by atoms with Gasteiger partial charge in [0.2, 0.25) is 0 Å². The third-order valence-corrected chi connectivity index (χ3v) is 3.75. The molecule has 90 valence electrons. The molecule has 0 saturated heterocycles. The molecule has 0 fully saturated rings. The van der Waals surface area contributed by atoms with E-state index in [0.29, 0.717) is 5.92 Å². The third-order valence-electron chi connectivity index (χ3n) is 2.90. The fourth-order valence-electron chi connectivity index (χ4n) is 1.78. The van der Waals surface area contributed by atoms with Gasteiger partial charge in [-0.3, -0.25) is 0 Å². The van der Waals surface area contributed by atoms with E-state index < -0.39 is 0 Å². The summed E-state index contributed by atoms with van der Waals surface area (Å²) in [5.41, 5.74) is 4.58. The van der Waals surface area contributed by atoms with Gasteiger partial charge in [-0.2, -0.15) is 0 Å². The summed E-state index contributed by atoms with van der Waals surface area (Å²) >= 11 is 3.57. The van der Waals surface area contributed by atoms with Crippen LogP contribution in [0.15, 0.2) is 22.7 Å². The Kier molecular flexibility index (Phi) is 3.38. The van der Waals surface area contributed by atoms with Gasteiger partial charge in [-0.05, 0) is 25.5 Å². The van der Waals surface area contributed by atoms with E-state index in [-0.39, 0.29) is 0 Å². The summed E-state index contributed by atoms with van der Waals surface area (Å²) in [5.74, 6) is 1.48. The van der Waals surface area contributed by atoms with Crippen LogP contribution in [0, 0.1) is 13.8 Å². The topological polar surface area (TPSA) is 28.7 Å². The lowest BCUT2D eigenvalue weighted by Gasteiger charge is -2.02. The van der Waals surface area contributed by atoms with Gasteiger partial charge in [0.15, 0.2) is 0 Å². The zero-order valence-corrected chi connectivity index (χ0v) is 12.2. The number of nitrogens with zero attached hydrogens (tertiary/aromatic N) is 1. The molecule has 1 aromatic carbocycles. The zero-order chi connectivity index (χ0) is 12.6. The monoisotopic (exact) mass is 292 g/mol. The number of aromatic nitrogens is 2. The van der Waals surface area contributed by atoms with Crippen molar-refractivity contribution >= 4 is 15.9 Å². The van der Waals surface area contributed by atoms with E-state index in [2.05, 4.69) is 71.8 Å². The van der Waals surface area contributed by atoms with E-state index in [0.717, 1.165) is 27.2 Å². The highest BCUT2D eigenvalue weighted by atomic mass is 79.9. The Morgan fingerprint density at radius 3 is 2.47 bits per heavy atom. The molecule has 1 heterocycles. The number of imidazole rings is 1. The molecule has 0 saturated carbocycles. The van der Waals surface area contributed by atoms with Crippen LogP contribution in [0.5, 0.6) is 0 Å². The summed E-state index contributed by atoms with van der Waals surface area (Å²) in [6, 6.07) is 6.36. The van der Waals surface area contributed by atoms with Gasteiger partial charge >= 0.3 is 0 Å². The first-order valence-electron chi connectivity index (χ1n) is 5.82. The average Bonchev–Trinajstić information content (AvgIpc) is 2.65. The SMILES string of the molecule is Cc1ccc(-c2nc(C(C)C)[nH]c2C)cc1Br. The van der Waals surface area contributed by atoms with Crippen LogP contribution in [-0.4, -0.2) is 9.97 Å². The first kappa shape index (κ1) is 12.4. The fourth-order valence-corrected chi connectivity index (χ4v) is 2.16. The van der Waals surface area contributed by atoms with Crippen LogP contribution < -0.4 is 0 Å². The van der Waals surface area contributed by atoms with E-state index >= 15 is 0 Å². The second-order valence-electron chi connectivity index (χ2n) is 4.71. The predicted molar refractivity (Wildman–Crippen MR) is 75.3 cm³/mol. The molecule has 0 amide bonds. The molecule has 1 N–H and O–H groups in total. The number of hydrogen-bond donors (Lipinski definition) is 1. The quantitative estimate of drug-likeness (QED) is 0.862. The molecule has 0 aliphatic carbocycles. The third kappa shape index (κ3) is 2.44. The highest BCUT2D eigenvalue weighted by Gasteiger charge is 2.11.